The quantitative estimate of drug-likeness (QED) is 0.602. The molecule has 3 aromatic rings. The summed E-state index contributed by atoms with van der Waals surface area (Å²) in [4.78, 5) is 28.9. The lowest BCUT2D eigenvalue weighted by molar-refractivity contribution is -0.142. The predicted molar refractivity (Wildman–Crippen MR) is 103 cm³/mol. The van der Waals surface area contributed by atoms with Gasteiger partial charge in [0.25, 0.3) is 5.91 Å². The summed E-state index contributed by atoms with van der Waals surface area (Å²) in [5.41, 5.74) is 0.552. The van der Waals surface area contributed by atoms with E-state index in [1.165, 1.54) is 7.11 Å². The molecule has 0 spiro atoms. The molecule has 1 amide bonds. The smallest absolute Gasteiger partial charge is 0.328 e. The topological polar surface area (TPSA) is 68.3 Å². The molecule has 0 saturated heterocycles. The van der Waals surface area contributed by atoms with Gasteiger partial charge in [-0.05, 0) is 29.8 Å². The zero-order valence-corrected chi connectivity index (χ0v) is 16.3. The van der Waals surface area contributed by atoms with Gasteiger partial charge in [-0.3, -0.25) is 9.78 Å². The van der Waals surface area contributed by atoms with Crippen LogP contribution in [-0.2, 0) is 16.0 Å². The molecule has 1 aromatic heterocycles. The van der Waals surface area contributed by atoms with Crippen LogP contribution in [0.25, 0.3) is 10.9 Å². The standard InChI is InChI=1S/C20H15BrF2N2O3/c1-28-20(27)16(25-19(26)17-14(22)5-2-6-15(17)23)10-11-7-8-13(21)12-4-3-9-24-18(11)12/h2-9,16H,10H2,1H3,(H,25,26)/t16-/m0/s1. The second-order valence-corrected chi connectivity index (χ2v) is 6.81. The van der Waals surface area contributed by atoms with Crippen molar-refractivity contribution in [3.05, 3.63) is 75.9 Å². The molecule has 0 fully saturated rings. The SMILES string of the molecule is COC(=O)[C@H](Cc1ccc(Br)c2cccnc12)NC(=O)c1c(F)cccc1F. The molecule has 8 heteroatoms. The molecule has 28 heavy (non-hydrogen) atoms. The third kappa shape index (κ3) is 4.01. The van der Waals surface area contributed by atoms with Gasteiger partial charge in [-0.2, -0.15) is 0 Å². The van der Waals surface area contributed by atoms with Crippen LogP contribution in [-0.4, -0.2) is 30.0 Å². The first-order chi connectivity index (χ1) is 13.4. The Morgan fingerprint density at radius 1 is 1.14 bits per heavy atom. The normalized spacial score (nSPS) is 11.9. The van der Waals surface area contributed by atoms with E-state index in [4.69, 9.17) is 4.74 Å². The molecule has 144 valence electrons. The van der Waals surface area contributed by atoms with Crippen LogP contribution >= 0.6 is 15.9 Å². The van der Waals surface area contributed by atoms with Crippen molar-refractivity contribution in [1.29, 1.82) is 0 Å². The van der Waals surface area contributed by atoms with Crippen molar-refractivity contribution in [2.45, 2.75) is 12.5 Å². The highest BCUT2D eigenvalue weighted by molar-refractivity contribution is 9.10. The minimum absolute atomic E-state index is 0.0370. The molecule has 0 saturated carbocycles. The molecule has 1 N–H and O–H groups in total. The molecule has 3 rings (SSSR count). The number of nitrogens with zero attached hydrogens (tertiary/aromatic N) is 1. The average Bonchev–Trinajstić information content (AvgIpc) is 2.69. The number of hydrogen-bond acceptors (Lipinski definition) is 4. The number of aromatic nitrogens is 1. The molecular formula is C20H15BrF2N2O3. The Morgan fingerprint density at radius 2 is 1.86 bits per heavy atom. The van der Waals surface area contributed by atoms with E-state index in [9.17, 15) is 18.4 Å². The van der Waals surface area contributed by atoms with Crippen molar-refractivity contribution in [2.24, 2.45) is 0 Å². The molecule has 1 atom stereocenters. The van der Waals surface area contributed by atoms with Gasteiger partial charge in [0.15, 0.2) is 0 Å². The Kier molecular flexibility index (Phi) is 5.99. The van der Waals surface area contributed by atoms with Gasteiger partial charge < -0.3 is 10.1 Å². The number of amides is 1. The summed E-state index contributed by atoms with van der Waals surface area (Å²) in [5, 5.41) is 3.19. The molecule has 2 aromatic carbocycles. The van der Waals surface area contributed by atoms with Crippen molar-refractivity contribution in [2.75, 3.05) is 7.11 Å². The van der Waals surface area contributed by atoms with Crippen molar-refractivity contribution in [3.8, 4) is 0 Å². The zero-order chi connectivity index (χ0) is 20.3. The van der Waals surface area contributed by atoms with Crippen LogP contribution in [0.2, 0.25) is 0 Å². The van der Waals surface area contributed by atoms with Crippen molar-refractivity contribution >= 4 is 38.7 Å². The maximum absolute atomic E-state index is 13.9. The third-order valence-electron chi connectivity index (χ3n) is 4.20. The fourth-order valence-electron chi connectivity index (χ4n) is 2.86. The summed E-state index contributed by atoms with van der Waals surface area (Å²) < 4.78 is 33.3. The number of rotatable bonds is 5. The molecule has 1 heterocycles. The Hall–Kier alpha value is -2.87. The van der Waals surface area contributed by atoms with Crippen LogP contribution in [0.4, 0.5) is 8.78 Å². The second-order valence-electron chi connectivity index (χ2n) is 5.96. The van der Waals surface area contributed by atoms with Crippen LogP contribution in [0.3, 0.4) is 0 Å². The van der Waals surface area contributed by atoms with Gasteiger partial charge in [-0.1, -0.05) is 34.1 Å². The number of carbonyl (C=O) groups excluding carboxylic acids is 2. The van der Waals surface area contributed by atoms with E-state index in [2.05, 4.69) is 26.2 Å². The van der Waals surface area contributed by atoms with E-state index in [1.54, 1.807) is 24.4 Å². The number of nitrogens with one attached hydrogen (secondary N) is 1. The summed E-state index contributed by atoms with van der Waals surface area (Å²) in [6.07, 6.45) is 1.65. The first-order valence-corrected chi connectivity index (χ1v) is 9.06. The number of carbonyl (C=O) groups is 2. The number of fused-ring (bicyclic) bond motifs is 1. The number of ether oxygens (including phenoxy) is 1. The minimum atomic E-state index is -1.15. The van der Waals surface area contributed by atoms with E-state index in [0.717, 1.165) is 28.1 Å². The number of esters is 1. The number of methoxy groups -OCH3 is 1. The molecule has 0 radical (unpaired) electrons. The van der Waals surface area contributed by atoms with Crippen LogP contribution in [0.1, 0.15) is 15.9 Å². The summed E-state index contributed by atoms with van der Waals surface area (Å²) >= 11 is 3.44. The van der Waals surface area contributed by atoms with E-state index in [-0.39, 0.29) is 6.42 Å². The van der Waals surface area contributed by atoms with E-state index in [1.807, 2.05) is 6.07 Å². The number of hydrogen-bond donors (Lipinski definition) is 1. The fraction of sp³-hybridized carbons (Fsp3) is 0.150. The van der Waals surface area contributed by atoms with Crippen LogP contribution < -0.4 is 5.32 Å². The van der Waals surface area contributed by atoms with Gasteiger partial charge >= 0.3 is 5.97 Å². The lowest BCUT2D eigenvalue weighted by Crippen LogP contribution is -2.43. The van der Waals surface area contributed by atoms with Gasteiger partial charge in [0.1, 0.15) is 23.2 Å². The largest absolute Gasteiger partial charge is 0.467 e. The van der Waals surface area contributed by atoms with Gasteiger partial charge in [0.05, 0.1) is 12.6 Å². The van der Waals surface area contributed by atoms with E-state index >= 15 is 0 Å². The summed E-state index contributed by atoms with van der Waals surface area (Å²) in [5.74, 6) is -3.81. The number of pyridine rings is 1. The first kappa shape index (κ1) is 19.9. The Morgan fingerprint density at radius 3 is 2.54 bits per heavy atom. The van der Waals surface area contributed by atoms with Crippen molar-refractivity contribution < 1.29 is 23.1 Å². The average molecular weight is 449 g/mol. The predicted octanol–water partition coefficient (Wildman–Crippen LogP) is 3.79. The lowest BCUT2D eigenvalue weighted by Gasteiger charge is -2.18. The van der Waals surface area contributed by atoms with Gasteiger partial charge in [-0.15, -0.1) is 0 Å². The second kappa shape index (κ2) is 8.43. The Bertz CT molecular complexity index is 1040. The summed E-state index contributed by atoms with van der Waals surface area (Å²) in [6.45, 7) is 0. The molecule has 0 aliphatic rings. The molecule has 0 aliphatic carbocycles. The molecular weight excluding hydrogens is 434 g/mol. The lowest BCUT2D eigenvalue weighted by atomic mass is 10.0. The van der Waals surface area contributed by atoms with Gasteiger partial charge in [0, 0.05) is 22.5 Å². The van der Waals surface area contributed by atoms with E-state index < -0.39 is 35.1 Å². The van der Waals surface area contributed by atoms with Crippen LogP contribution in [0.15, 0.2) is 53.1 Å². The number of benzene rings is 2. The molecule has 5 nitrogen and oxygen atoms in total. The number of halogens is 3. The maximum Gasteiger partial charge on any atom is 0.328 e. The van der Waals surface area contributed by atoms with Gasteiger partial charge in [-0.25, -0.2) is 13.6 Å². The molecule has 0 bridgehead atoms. The highest BCUT2D eigenvalue weighted by Gasteiger charge is 2.26. The summed E-state index contributed by atoms with van der Waals surface area (Å²) in [6, 6.07) is 9.13. The molecule has 0 aliphatic heterocycles. The highest BCUT2D eigenvalue weighted by Crippen LogP contribution is 2.26. The van der Waals surface area contributed by atoms with Crippen LogP contribution in [0.5, 0.6) is 0 Å². The Labute approximate surface area is 167 Å². The highest BCUT2D eigenvalue weighted by atomic mass is 79.9. The fourth-order valence-corrected chi connectivity index (χ4v) is 3.31. The van der Waals surface area contributed by atoms with Crippen LogP contribution in [0, 0.1) is 11.6 Å². The third-order valence-corrected chi connectivity index (χ3v) is 4.90. The molecule has 0 unspecified atom stereocenters. The Balaban J connectivity index is 1.93. The first-order valence-electron chi connectivity index (χ1n) is 8.27. The van der Waals surface area contributed by atoms with Crippen molar-refractivity contribution in [3.63, 3.8) is 0 Å². The van der Waals surface area contributed by atoms with Gasteiger partial charge in [0.2, 0.25) is 0 Å². The maximum atomic E-state index is 13.9. The summed E-state index contributed by atoms with van der Waals surface area (Å²) in [7, 11) is 1.17. The van der Waals surface area contributed by atoms with Crippen molar-refractivity contribution in [1.82, 2.24) is 10.3 Å². The monoisotopic (exact) mass is 448 g/mol. The zero-order valence-electron chi connectivity index (χ0n) is 14.7. The van der Waals surface area contributed by atoms with E-state index in [0.29, 0.717) is 11.1 Å². The minimum Gasteiger partial charge on any atom is -0.467 e.